The van der Waals surface area contributed by atoms with Crippen LogP contribution < -0.4 is 20.1 Å². The van der Waals surface area contributed by atoms with E-state index in [1.165, 1.54) is 0 Å². The van der Waals surface area contributed by atoms with Gasteiger partial charge in [-0.25, -0.2) is 19.2 Å². The van der Waals surface area contributed by atoms with Gasteiger partial charge in [-0.15, -0.1) is 0 Å². The third kappa shape index (κ3) is 10.9. The lowest BCUT2D eigenvalue weighted by molar-refractivity contribution is -0.177. The maximum atomic E-state index is 14.1. The van der Waals surface area contributed by atoms with Gasteiger partial charge in [0.2, 0.25) is 0 Å². The minimum Gasteiger partial charge on any atom is -0.476 e. The zero-order valence-electron chi connectivity index (χ0n) is 35.3. The van der Waals surface area contributed by atoms with Gasteiger partial charge in [0.1, 0.15) is 23.7 Å². The topological polar surface area (TPSA) is 148 Å². The summed E-state index contributed by atoms with van der Waals surface area (Å²) in [7, 11) is 0. The van der Waals surface area contributed by atoms with Crippen LogP contribution in [0.3, 0.4) is 0 Å². The molecule has 4 unspecified atom stereocenters. The van der Waals surface area contributed by atoms with E-state index in [1.807, 2.05) is 72.8 Å². The van der Waals surface area contributed by atoms with Crippen LogP contribution in [0.4, 0.5) is 0 Å². The largest absolute Gasteiger partial charge is 0.476 e. The maximum Gasteiger partial charge on any atom is 0.418 e. The number of hydrogen-bond donors (Lipinski definition) is 2. The molecule has 0 aliphatic heterocycles. The van der Waals surface area contributed by atoms with Crippen molar-refractivity contribution in [3.8, 4) is 11.5 Å². The lowest BCUT2D eigenvalue weighted by atomic mass is 9.85. The summed E-state index contributed by atoms with van der Waals surface area (Å²) in [5, 5.41) is 7.10. The zero-order valence-corrected chi connectivity index (χ0v) is 35.3. The molecular formula is C48H56N2O10. The van der Waals surface area contributed by atoms with Crippen molar-refractivity contribution in [1.29, 1.82) is 0 Å². The van der Waals surface area contributed by atoms with Crippen LogP contribution in [-0.2, 0) is 64.1 Å². The van der Waals surface area contributed by atoms with Crippen LogP contribution >= 0.6 is 0 Å². The number of ether oxygens (including phenoxy) is 6. The predicted octanol–water partition coefficient (Wildman–Crippen LogP) is 7.21. The number of fused-ring (bicyclic) bond motifs is 2. The van der Waals surface area contributed by atoms with E-state index in [9.17, 15) is 19.2 Å². The average Bonchev–Trinajstić information content (AvgIpc) is 3.23. The molecule has 60 heavy (non-hydrogen) atoms. The van der Waals surface area contributed by atoms with E-state index in [0.717, 1.165) is 22.3 Å². The molecule has 6 rings (SSSR count). The standard InChI is InChI=1S/C48H56N2O10/c1-7-55-45(53)47(3,4)59-35-23-19-33-21-25-39(49-29-31-15-11-9-12-16-31)41(37(33)27-35)57-43(51)44(52)58-42-38-28-36(60-48(5,6)46(54)56-8-2)24-20-34(38)22-26-40(42)50-30-32-17-13-10-14-18-32/h9-20,23-24,27-28,39-42,49-50H,7-8,21-22,25-26,29-30H2,1-6H3. The number of aryl methyl sites for hydroxylation is 2. The van der Waals surface area contributed by atoms with Crippen molar-refractivity contribution < 1.29 is 47.6 Å². The number of esters is 4. The van der Waals surface area contributed by atoms with Gasteiger partial charge in [-0.05, 0) is 114 Å². The van der Waals surface area contributed by atoms with E-state index in [2.05, 4.69) is 10.6 Å². The van der Waals surface area contributed by atoms with Crippen LogP contribution in [0.15, 0.2) is 97.1 Å². The van der Waals surface area contributed by atoms with Crippen molar-refractivity contribution in [2.24, 2.45) is 0 Å². The number of hydrogen-bond acceptors (Lipinski definition) is 12. The minimum absolute atomic E-state index is 0.206. The lowest BCUT2D eigenvalue weighted by Gasteiger charge is -2.36. The van der Waals surface area contributed by atoms with Gasteiger partial charge >= 0.3 is 23.9 Å². The summed E-state index contributed by atoms with van der Waals surface area (Å²) in [6.07, 6.45) is 0.784. The first-order valence-corrected chi connectivity index (χ1v) is 20.7. The van der Waals surface area contributed by atoms with Crippen molar-refractivity contribution in [2.45, 2.75) is 116 Å². The van der Waals surface area contributed by atoms with E-state index >= 15 is 0 Å². The average molecular weight is 821 g/mol. The number of carbonyl (C=O) groups is 4. The molecule has 2 aliphatic carbocycles. The molecule has 12 nitrogen and oxygen atoms in total. The monoisotopic (exact) mass is 820 g/mol. The predicted molar refractivity (Wildman–Crippen MR) is 224 cm³/mol. The van der Waals surface area contributed by atoms with Crippen molar-refractivity contribution in [3.63, 3.8) is 0 Å². The fraction of sp³-hybridized carbons (Fsp3) is 0.417. The highest BCUT2D eigenvalue weighted by Crippen LogP contribution is 2.39. The lowest BCUT2D eigenvalue weighted by Crippen LogP contribution is -2.43. The Kier molecular flexibility index (Phi) is 14.3. The second kappa shape index (κ2) is 19.6. The van der Waals surface area contributed by atoms with Crippen LogP contribution in [0.25, 0.3) is 0 Å². The summed E-state index contributed by atoms with van der Waals surface area (Å²) in [5.41, 5.74) is 2.65. The molecule has 0 amide bonds. The van der Waals surface area contributed by atoms with E-state index in [0.29, 0.717) is 61.4 Å². The maximum absolute atomic E-state index is 14.1. The Bertz CT molecular complexity index is 1970. The molecule has 0 fully saturated rings. The Morgan fingerprint density at radius 1 is 0.567 bits per heavy atom. The van der Waals surface area contributed by atoms with Crippen LogP contribution in [0, 0.1) is 0 Å². The second-order valence-corrected chi connectivity index (χ2v) is 16.1. The molecule has 0 spiro atoms. The third-order valence-electron chi connectivity index (χ3n) is 10.8. The number of benzene rings is 4. The fourth-order valence-electron chi connectivity index (χ4n) is 7.62. The smallest absolute Gasteiger partial charge is 0.418 e. The molecule has 0 saturated heterocycles. The van der Waals surface area contributed by atoms with Crippen LogP contribution in [0.1, 0.15) is 100.0 Å². The van der Waals surface area contributed by atoms with Gasteiger partial charge in [-0.3, -0.25) is 0 Å². The Balaban J connectivity index is 1.28. The quantitative estimate of drug-likeness (QED) is 0.0669. The molecule has 2 aliphatic rings. The highest BCUT2D eigenvalue weighted by molar-refractivity contribution is 6.29. The summed E-state index contributed by atoms with van der Waals surface area (Å²) in [6.45, 7) is 11.4. The number of carbonyl (C=O) groups excluding carboxylic acids is 4. The van der Waals surface area contributed by atoms with Gasteiger partial charge < -0.3 is 39.1 Å². The summed E-state index contributed by atoms with van der Waals surface area (Å²) >= 11 is 0. The first kappa shape index (κ1) is 43.8. The van der Waals surface area contributed by atoms with Gasteiger partial charge in [-0.2, -0.15) is 0 Å². The fourth-order valence-corrected chi connectivity index (χ4v) is 7.62. The van der Waals surface area contributed by atoms with Gasteiger partial charge in [0.05, 0.1) is 13.2 Å². The Morgan fingerprint density at radius 2 is 0.950 bits per heavy atom. The van der Waals surface area contributed by atoms with Crippen LogP contribution in [-0.4, -0.2) is 60.4 Å². The molecule has 4 aromatic carbocycles. The third-order valence-corrected chi connectivity index (χ3v) is 10.8. The first-order chi connectivity index (χ1) is 28.8. The molecular weight excluding hydrogens is 765 g/mol. The molecule has 2 N–H and O–H groups in total. The van der Waals surface area contributed by atoms with Gasteiger partial charge in [0.15, 0.2) is 11.2 Å². The number of rotatable bonds is 16. The second-order valence-electron chi connectivity index (χ2n) is 16.1. The first-order valence-electron chi connectivity index (χ1n) is 20.7. The van der Waals surface area contributed by atoms with Crippen LogP contribution in [0.2, 0.25) is 0 Å². The molecule has 4 atom stereocenters. The highest BCUT2D eigenvalue weighted by Gasteiger charge is 2.40. The molecule has 12 heteroatoms. The van der Waals surface area contributed by atoms with E-state index < -0.39 is 47.3 Å². The molecule has 0 aromatic heterocycles. The summed E-state index contributed by atoms with van der Waals surface area (Å²) in [4.78, 5) is 53.6. The highest BCUT2D eigenvalue weighted by atomic mass is 16.6. The summed E-state index contributed by atoms with van der Waals surface area (Å²) in [6, 6.07) is 29.8. The zero-order chi connectivity index (χ0) is 42.9. The molecule has 318 valence electrons. The van der Waals surface area contributed by atoms with Gasteiger partial charge in [-0.1, -0.05) is 72.8 Å². The van der Waals surface area contributed by atoms with E-state index in [1.54, 1.807) is 65.8 Å². The Labute approximate surface area is 352 Å². The van der Waals surface area contributed by atoms with E-state index in [4.69, 9.17) is 28.4 Å². The molecule has 0 radical (unpaired) electrons. The summed E-state index contributed by atoms with van der Waals surface area (Å²) < 4.78 is 35.1. The van der Waals surface area contributed by atoms with E-state index in [-0.39, 0.29) is 25.3 Å². The van der Waals surface area contributed by atoms with Crippen LogP contribution in [0.5, 0.6) is 11.5 Å². The van der Waals surface area contributed by atoms with Crippen molar-refractivity contribution in [1.82, 2.24) is 10.6 Å². The van der Waals surface area contributed by atoms with Crippen molar-refractivity contribution in [3.05, 3.63) is 130 Å². The summed E-state index contributed by atoms with van der Waals surface area (Å²) in [5.74, 6) is -2.57. The van der Waals surface area contributed by atoms with Crippen molar-refractivity contribution >= 4 is 23.9 Å². The number of nitrogens with one attached hydrogen (secondary N) is 2. The minimum atomic E-state index is -1.29. The molecule has 4 aromatic rings. The normalized spacial score (nSPS) is 18.6. The SMILES string of the molecule is CCOC(=O)C(C)(C)Oc1ccc2c(c1)C(OC(=O)C(=O)OC1c3cc(OC(C)(C)C(=O)OCC)ccc3CCC1NCc1ccccc1)C(NCc1ccccc1)CC2. The molecule has 0 saturated carbocycles. The Hall–Kier alpha value is -5.72. The van der Waals surface area contributed by atoms with Crippen molar-refractivity contribution in [2.75, 3.05) is 13.2 Å². The van der Waals surface area contributed by atoms with Gasteiger partial charge in [0, 0.05) is 36.3 Å². The molecule has 0 bridgehead atoms. The molecule has 0 heterocycles. The Morgan fingerprint density at radius 3 is 1.32 bits per heavy atom. The van der Waals surface area contributed by atoms with Gasteiger partial charge in [0.25, 0.3) is 0 Å².